The molecule has 2 aliphatic heterocycles. The van der Waals surface area contributed by atoms with Gasteiger partial charge in [-0.3, -0.25) is 9.69 Å². The summed E-state index contributed by atoms with van der Waals surface area (Å²) in [6.07, 6.45) is 5.76. The van der Waals surface area contributed by atoms with Crippen molar-refractivity contribution in [3.05, 3.63) is 75.7 Å². The second kappa shape index (κ2) is 10.6. The van der Waals surface area contributed by atoms with E-state index in [4.69, 9.17) is 13.9 Å². The van der Waals surface area contributed by atoms with E-state index in [0.29, 0.717) is 31.0 Å². The Bertz CT molecular complexity index is 1390. The second-order valence-corrected chi connectivity index (χ2v) is 10.0. The van der Waals surface area contributed by atoms with Crippen LogP contribution in [0.3, 0.4) is 0 Å². The highest BCUT2D eigenvalue weighted by Gasteiger charge is 2.34. The first kappa shape index (κ1) is 24.0. The van der Waals surface area contributed by atoms with Crippen molar-refractivity contribution < 1.29 is 13.9 Å². The monoisotopic (exact) mass is 504 g/mol. The van der Waals surface area contributed by atoms with Crippen LogP contribution in [0.2, 0.25) is 0 Å². The number of fused-ring (bicyclic) bond motifs is 1. The molecule has 2 aliphatic rings. The van der Waals surface area contributed by atoms with E-state index in [0.717, 1.165) is 61.1 Å². The quantitative estimate of drug-likeness (QED) is 0.369. The highest BCUT2D eigenvalue weighted by molar-refractivity contribution is 5.79. The van der Waals surface area contributed by atoms with Gasteiger partial charge in [0, 0.05) is 30.8 Å². The standard InChI is InChI=1S/C27H32N6O4/c1-18-8-9-24-19(13-18)14-23(27(34)28-24)25(26-29-30-31-33(26)17-22-7-4-12-37-22)32(15-20-5-2-10-35-20)16-21-6-3-11-36-21/h2,5,8-10,13-14,21-22,25H,3-4,6-7,11-12,15-17H2,1H3,(H,28,34)/t21-,22-,25+/m0/s1. The number of hydrogen-bond acceptors (Lipinski definition) is 8. The summed E-state index contributed by atoms with van der Waals surface area (Å²) in [5, 5.41) is 13.8. The number of aryl methyl sites for hydroxylation is 1. The van der Waals surface area contributed by atoms with Crippen molar-refractivity contribution in [2.24, 2.45) is 0 Å². The van der Waals surface area contributed by atoms with Crippen molar-refractivity contribution in [1.82, 2.24) is 30.1 Å². The molecule has 3 atom stereocenters. The van der Waals surface area contributed by atoms with Crippen LogP contribution in [0.5, 0.6) is 0 Å². The molecule has 0 saturated carbocycles. The van der Waals surface area contributed by atoms with Crippen LogP contribution in [0.1, 0.15) is 54.4 Å². The predicted octanol–water partition coefficient (Wildman–Crippen LogP) is 3.37. The Morgan fingerprint density at radius 3 is 2.73 bits per heavy atom. The van der Waals surface area contributed by atoms with Crippen molar-refractivity contribution in [3.8, 4) is 0 Å². The van der Waals surface area contributed by atoms with Gasteiger partial charge >= 0.3 is 0 Å². The smallest absolute Gasteiger partial charge is 0.253 e. The maximum Gasteiger partial charge on any atom is 0.253 e. The molecule has 5 heterocycles. The van der Waals surface area contributed by atoms with Gasteiger partial charge < -0.3 is 18.9 Å². The fraction of sp³-hybridized carbons (Fsp3) is 0.481. The molecule has 0 bridgehead atoms. The van der Waals surface area contributed by atoms with Crippen molar-refractivity contribution in [2.45, 2.75) is 63.9 Å². The zero-order valence-corrected chi connectivity index (χ0v) is 21.0. The molecular weight excluding hydrogens is 472 g/mol. The molecule has 194 valence electrons. The SMILES string of the molecule is Cc1ccc2[nH]c(=O)c([C@H](c3nnnn3C[C@@H]3CCCO3)N(Cc3ccco3)C[C@@H]3CCCO3)cc2c1. The number of rotatable bonds is 9. The number of aromatic amines is 1. The average molecular weight is 505 g/mol. The number of nitrogens with zero attached hydrogens (tertiary/aromatic N) is 5. The molecule has 2 fully saturated rings. The van der Waals surface area contributed by atoms with E-state index in [1.807, 2.05) is 37.3 Å². The van der Waals surface area contributed by atoms with E-state index in [1.165, 1.54) is 0 Å². The zero-order valence-electron chi connectivity index (χ0n) is 21.0. The first-order valence-corrected chi connectivity index (χ1v) is 13.0. The van der Waals surface area contributed by atoms with E-state index in [9.17, 15) is 4.79 Å². The fourth-order valence-electron chi connectivity index (χ4n) is 5.48. The average Bonchev–Trinajstić information content (AvgIpc) is 3.70. The second-order valence-electron chi connectivity index (χ2n) is 10.0. The lowest BCUT2D eigenvalue weighted by Crippen LogP contribution is -2.39. The molecule has 0 spiro atoms. The molecule has 1 aromatic carbocycles. The van der Waals surface area contributed by atoms with Gasteiger partial charge in [-0.15, -0.1) is 5.10 Å². The lowest BCUT2D eigenvalue weighted by Gasteiger charge is -2.32. The number of aromatic nitrogens is 5. The number of H-pyrrole nitrogens is 1. The van der Waals surface area contributed by atoms with Crippen molar-refractivity contribution in [3.63, 3.8) is 0 Å². The van der Waals surface area contributed by atoms with Crippen LogP contribution in [-0.4, -0.2) is 62.1 Å². The Balaban J connectivity index is 1.47. The maximum atomic E-state index is 13.6. The molecule has 0 aliphatic carbocycles. The molecule has 2 saturated heterocycles. The van der Waals surface area contributed by atoms with Gasteiger partial charge in [-0.05, 0) is 78.8 Å². The molecule has 10 nitrogen and oxygen atoms in total. The summed E-state index contributed by atoms with van der Waals surface area (Å²) >= 11 is 0. The molecule has 37 heavy (non-hydrogen) atoms. The highest BCUT2D eigenvalue weighted by atomic mass is 16.5. The number of nitrogens with one attached hydrogen (secondary N) is 1. The van der Waals surface area contributed by atoms with Crippen molar-refractivity contribution in [1.29, 1.82) is 0 Å². The summed E-state index contributed by atoms with van der Waals surface area (Å²) in [4.78, 5) is 18.9. The fourth-order valence-corrected chi connectivity index (χ4v) is 5.48. The van der Waals surface area contributed by atoms with Crippen molar-refractivity contribution in [2.75, 3.05) is 19.8 Å². The van der Waals surface area contributed by atoms with Gasteiger partial charge in [0.1, 0.15) is 11.8 Å². The minimum Gasteiger partial charge on any atom is -0.468 e. The highest BCUT2D eigenvalue weighted by Crippen LogP contribution is 2.31. The number of ether oxygens (including phenoxy) is 2. The molecule has 0 unspecified atom stereocenters. The van der Waals surface area contributed by atoms with Crippen molar-refractivity contribution >= 4 is 10.9 Å². The minimum atomic E-state index is -0.514. The van der Waals surface area contributed by atoms with Crippen LogP contribution in [0.25, 0.3) is 10.9 Å². The molecule has 6 rings (SSSR count). The third-order valence-electron chi connectivity index (χ3n) is 7.29. The minimum absolute atomic E-state index is 0.0529. The van der Waals surface area contributed by atoms with E-state index >= 15 is 0 Å². The number of tetrazole rings is 1. The topological polar surface area (TPSA) is 111 Å². The Labute approximate surface area is 214 Å². The summed E-state index contributed by atoms with van der Waals surface area (Å²) in [6.45, 7) is 5.18. The van der Waals surface area contributed by atoms with Crippen LogP contribution in [0.15, 0.2) is 51.9 Å². The van der Waals surface area contributed by atoms with Crippen LogP contribution in [0, 0.1) is 6.92 Å². The summed E-state index contributed by atoms with van der Waals surface area (Å²) in [5.41, 5.74) is 2.35. The Kier molecular flexibility index (Phi) is 6.86. The summed E-state index contributed by atoms with van der Waals surface area (Å²) < 4.78 is 19.4. The number of pyridine rings is 1. The van der Waals surface area contributed by atoms with Crippen LogP contribution in [0.4, 0.5) is 0 Å². The van der Waals surface area contributed by atoms with E-state index in [-0.39, 0.29) is 17.8 Å². The summed E-state index contributed by atoms with van der Waals surface area (Å²) in [7, 11) is 0. The van der Waals surface area contributed by atoms with Gasteiger partial charge in [0.15, 0.2) is 5.82 Å². The zero-order chi connectivity index (χ0) is 25.2. The lowest BCUT2D eigenvalue weighted by atomic mass is 10.0. The Hall–Kier alpha value is -3.34. The molecule has 0 amide bonds. The van der Waals surface area contributed by atoms with Gasteiger partial charge in [0.05, 0.1) is 31.6 Å². The number of hydrogen-bond donors (Lipinski definition) is 1. The Morgan fingerprint density at radius 2 is 1.97 bits per heavy atom. The van der Waals surface area contributed by atoms with E-state index in [2.05, 4.69) is 31.5 Å². The largest absolute Gasteiger partial charge is 0.468 e. The van der Waals surface area contributed by atoms with Gasteiger partial charge in [-0.1, -0.05) is 11.6 Å². The summed E-state index contributed by atoms with van der Waals surface area (Å²) in [6, 6.07) is 11.3. The van der Waals surface area contributed by atoms with Crippen LogP contribution < -0.4 is 5.56 Å². The summed E-state index contributed by atoms with van der Waals surface area (Å²) in [5.74, 6) is 1.41. The van der Waals surface area contributed by atoms with Crippen LogP contribution in [-0.2, 0) is 22.6 Å². The Morgan fingerprint density at radius 1 is 1.14 bits per heavy atom. The normalized spacial score (nSPS) is 20.8. The molecule has 10 heteroatoms. The number of furan rings is 1. The molecule has 3 aromatic heterocycles. The van der Waals surface area contributed by atoms with E-state index in [1.54, 1.807) is 10.9 Å². The molecule has 4 aromatic rings. The van der Waals surface area contributed by atoms with E-state index < -0.39 is 6.04 Å². The van der Waals surface area contributed by atoms with Gasteiger partial charge in [0.2, 0.25) is 0 Å². The van der Waals surface area contributed by atoms with Gasteiger partial charge in [-0.2, -0.15) is 0 Å². The third-order valence-corrected chi connectivity index (χ3v) is 7.29. The molecule has 0 radical (unpaired) electrons. The predicted molar refractivity (Wildman–Crippen MR) is 136 cm³/mol. The third kappa shape index (κ3) is 5.22. The van der Waals surface area contributed by atoms with Gasteiger partial charge in [-0.25, -0.2) is 4.68 Å². The number of benzene rings is 1. The van der Waals surface area contributed by atoms with Gasteiger partial charge in [0.25, 0.3) is 5.56 Å². The first-order valence-electron chi connectivity index (χ1n) is 13.0. The molecular formula is C27H32N6O4. The maximum absolute atomic E-state index is 13.6. The van der Waals surface area contributed by atoms with Crippen LogP contribution >= 0.6 is 0 Å². The lowest BCUT2D eigenvalue weighted by molar-refractivity contribution is 0.0528. The molecule has 1 N–H and O–H groups in total. The first-order chi connectivity index (χ1) is 18.1.